The summed E-state index contributed by atoms with van der Waals surface area (Å²) in [6, 6.07) is 44.1. The van der Waals surface area contributed by atoms with Gasteiger partial charge < -0.3 is 9.38 Å². The van der Waals surface area contributed by atoms with E-state index in [0.717, 1.165) is 0 Å². The van der Waals surface area contributed by atoms with Crippen molar-refractivity contribution in [1.82, 2.24) is 4.57 Å². The van der Waals surface area contributed by atoms with Crippen molar-refractivity contribution < 1.29 is 0 Å². The van der Waals surface area contributed by atoms with E-state index in [2.05, 4.69) is 209 Å². The topological polar surface area (TPSA) is 8.17 Å². The van der Waals surface area contributed by atoms with E-state index in [1.807, 2.05) is 22.7 Å². The van der Waals surface area contributed by atoms with Gasteiger partial charge in [-0.2, -0.15) is 0 Å². The Hall–Kier alpha value is -5.36. The van der Waals surface area contributed by atoms with Gasteiger partial charge in [0.1, 0.15) is 0 Å². The second-order valence-corrected chi connectivity index (χ2v) is 27.0. The van der Waals surface area contributed by atoms with Crippen LogP contribution in [0.4, 0.5) is 11.4 Å². The Balaban J connectivity index is 1.25. The predicted molar refractivity (Wildman–Crippen MR) is 297 cm³/mol. The van der Waals surface area contributed by atoms with Gasteiger partial charge in [0, 0.05) is 79.3 Å². The summed E-state index contributed by atoms with van der Waals surface area (Å²) in [5.41, 5.74) is 19.5. The van der Waals surface area contributed by atoms with Crippen molar-refractivity contribution >= 4 is 114 Å². The molecule has 5 heterocycles. The molecular formula is C62H61BN2S2. The third kappa shape index (κ3) is 5.74. The summed E-state index contributed by atoms with van der Waals surface area (Å²) in [6.45, 7) is 31.0. The lowest BCUT2D eigenvalue weighted by atomic mass is 9.43. The van der Waals surface area contributed by atoms with E-state index in [4.69, 9.17) is 0 Å². The largest absolute Gasteiger partial charge is 0.376 e. The number of nitrogens with zero attached hydrogens (tertiary/aromatic N) is 2. The number of hydrogen-bond donors (Lipinski definition) is 0. The Kier molecular flexibility index (Phi) is 8.26. The van der Waals surface area contributed by atoms with Crippen molar-refractivity contribution in [3.63, 3.8) is 0 Å². The minimum absolute atomic E-state index is 0.00421. The summed E-state index contributed by atoms with van der Waals surface area (Å²) < 4.78 is 8.22. The highest BCUT2D eigenvalue weighted by Gasteiger charge is 2.47. The Morgan fingerprint density at radius 3 is 1.84 bits per heavy atom. The molecule has 67 heavy (non-hydrogen) atoms. The van der Waals surface area contributed by atoms with Crippen LogP contribution in [0.1, 0.15) is 131 Å². The smallest absolute Gasteiger partial charge is 0.333 e. The standard InChI is InChI=1S/C62H61BN2S2/c1-58(2,3)34-18-22-37(23-19-34)65-48-31-40-39-30-43-44(62(12,13)27-26-61(43,10)11)33-51(39)66-50(40)32-42(48)54-55-56-52(53-38-16-14-15-17-49(38)67-57(53)54)41-28-35(59(4,5)6)20-24-46(41)64(56)47-25-21-36(60(7,8)9)29-45(47)63(55)65/h14-25,28-33H,26-27H2,1-13H3. The van der Waals surface area contributed by atoms with Crippen LogP contribution in [-0.4, -0.2) is 11.4 Å². The molecule has 3 aliphatic rings. The molecule has 0 amide bonds. The highest BCUT2D eigenvalue weighted by molar-refractivity contribution is 7.27. The maximum absolute atomic E-state index is 2.77. The predicted octanol–water partition coefficient (Wildman–Crippen LogP) is 17.0. The molecule has 0 spiro atoms. The van der Waals surface area contributed by atoms with E-state index in [9.17, 15) is 0 Å². The lowest BCUT2D eigenvalue weighted by molar-refractivity contribution is 0.332. The number of hydrogen-bond acceptors (Lipinski definition) is 3. The fourth-order valence-corrected chi connectivity index (χ4v) is 14.9. The van der Waals surface area contributed by atoms with E-state index in [-0.39, 0.29) is 33.9 Å². The summed E-state index contributed by atoms with van der Waals surface area (Å²) in [5, 5.41) is 8.28. The van der Waals surface area contributed by atoms with E-state index in [1.54, 1.807) is 0 Å². The van der Waals surface area contributed by atoms with Gasteiger partial charge in [0.2, 0.25) is 0 Å². The van der Waals surface area contributed by atoms with Gasteiger partial charge >= 0.3 is 6.85 Å². The highest BCUT2D eigenvalue weighted by atomic mass is 32.1. The first kappa shape index (κ1) is 41.8. The minimum atomic E-state index is -0.0638. The van der Waals surface area contributed by atoms with E-state index in [0.29, 0.717) is 0 Å². The molecule has 7 aromatic carbocycles. The molecule has 5 heteroatoms. The number of rotatable bonds is 1. The lowest BCUT2D eigenvalue weighted by Gasteiger charge is -2.43. The summed E-state index contributed by atoms with van der Waals surface area (Å²) in [7, 11) is 0. The number of anilines is 2. The van der Waals surface area contributed by atoms with Gasteiger partial charge in [0.15, 0.2) is 0 Å². The minimum Gasteiger partial charge on any atom is -0.376 e. The van der Waals surface area contributed by atoms with Crippen LogP contribution in [0.3, 0.4) is 0 Å². The van der Waals surface area contributed by atoms with Gasteiger partial charge in [-0.05, 0) is 139 Å². The number of aromatic nitrogens is 1. The molecule has 2 nitrogen and oxygen atoms in total. The normalized spacial score (nSPS) is 16.5. The lowest BCUT2D eigenvalue weighted by Crippen LogP contribution is -2.60. The molecule has 334 valence electrons. The van der Waals surface area contributed by atoms with Crippen LogP contribution < -0.4 is 15.7 Å². The van der Waals surface area contributed by atoms with Crippen molar-refractivity contribution in [3.05, 3.63) is 137 Å². The van der Waals surface area contributed by atoms with E-state index in [1.165, 1.54) is 142 Å². The zero-order valence-electron chi connectivity index (χ0n) is 41.6. The van der Waals surface area contributed by atoms with Crippen LogP contribution in [0.5, 0.6) is 0 Å². The maximum atomic E-state index is 2.77. The molecule has 2 aliphatic heterocycles. The average Bonchev–Trinajstić information content (AvgIpc) is 3.94. The van der Waals surface area contributed by atoms with Gasteiger partial charge in [-0.15, -0.1) is 22.7 Å². The van der Waals surface area contributed by atoms with Crippen molar-refractivity contribution in [2.75, 3.05) is 4.81 Å². The molecule has 0 bridgehead atoms. The molecule has 0 saturated carbocycles. The second kappa shape index (κ2) is 13.2. The van der Waals surface area contributed by atoms with Crippen molar-refractivity contribution in [1.29, 1.82) is 0 Å². The van der Waals surface area contributed by atoms with Crippen molar-refractivity contribution in [2.24, 2.45) is 0 Å². The molecule has 0 fully saturated rings. The first-order valence-corrected chi connectivity index (χ1v) is 26.3. The second-order valence-electron chi connectivity index (χ2n) is 24.9. The summed E-state index contributed by atoms with van der Waals surface area (Å²) >= 11 is 4.00. The van der Waals surface area contributed by atoms with Gasteiger partial charge in [0.25, 0.3) is 0 Å². The van der Waals surface area contributed by atoms with Crippen LogP contribution >= 0.6 is 22.7 Å². The molecule has 0 radical (unpaired) electrons. The van der Waals surface area contributed by atoms with Crippen LogP contribution in [-0.2, 0) is 27.1 Å². The Bertz CT molecular complexity index is 3810. The highest BCUT2D eigenvalue weighted by Crippen LogP contribution is 2.56. The van der Waals surface area contributed by atoms with Gasteiger partial charge in [-0.3, -0.25) is 0 Å². The quantitative estimate of drug-likeness (QED) is 0.149. The maximum Gasteiger partial charge on any atom is 0.333 e. The van der Waals surface area contributed by atoms with Gasteiger partial charge in [-0.25, -0.2) is 0 Å². The SMILES string of the molecule is CC(C)(C)c1ccc(N2B3c4cc(C(C)(C)C)ccc4-n4c5ccc(C(C)(C)C)cc5c5c6c(sc7ccccc76)c(c3c54)-c3cc4sc5cc6c(cc5c4cc32)C(C)(C)CCC6(C)C)cc1. The fourth-order valence-electron chi connectivity index (χ4n) is 12.4. The molecule has 1 aliphatic carbocycles. The first-order valence-electron chi connectivity index (χ1n) is 24.7. The third-order valence-corrected chi connectivity index (χ3v) is 18.8. The molecule has 3 aromatic heterocycles. The average molecular weight is 909 g/mol. The Morgan fingerprint density at radius 1 is 0.522 bits per heavy atom. The zero-order chi connectivity index (χ0) is 46.6. The molecule has 0 unspecified atom stereocenters. The van der Waals surface area contributed by atoms with Crippen LogP contribution in [0, 0.1) is 0 Å². The van der Waals surface area contributed by atoms with Crippen molar-refractivity contribution in [2.45, 2.75) is 130 Å². The summed E-state index contributed by atoms with van der Waals surface area (Å²) in [5.74, 6) is 0. The molecule has 10 aromatic rings. The summed E-state index contributed by atoms with van der Waals surface area (Å²) in [4.78, 5) is 2.77. The van der Waals surface area contributed by atoms with Gasteiger partial charge in [-0.1, -0.05) is 139 Å². The first-order chi connectivity index (χ1) is 31.6. The number of benzene rings is 7. The third-order valence-electron chi connectivity index (χ3n) is 16.5. The summed E-state index contributed by atoms with van der Waals surface area (Å²) in [6.07, 6.45) is 2.42. The Labute approximate surface area is 404 Å². The molecule has 13 rings (SSSR count). The van der Waals surface area contributed by atoms with Crippen LogP contribution in [0.25, 0.3) is 79.0 Å². The van der Waals surface area contributed by atoms with Gasteiger partial charge in [0.05, 0.1) is 11.0 Å². The molecule has 0 atom stereocenters. The fraction of sp³-hybridized carbons (Fsp3) is 0.323. The Morgan fingerprint density at radius 2 is 1.13 bits per heavy atom. The van der Waals surface area contributed by atoms with E-state index < -0.39 is 0 Å². The number of fused-ring (bicyclic) bond motifs is 17. The van der Waals surface area contributed by atoms with Crippen LogP contribution in [0.2, 0.25) is 0 Å². The monoisotopic (exact) mass is 908 g/mol. The number of thiophene rings is 2. The van der Waals surface area contributed by atoms with Crippen LogP contribution in [0.15, 0.2) is 109 Å². The van der Waals surface area contributed by atoms with Crippen molar-refractivity contribution in [3.8, 4) is 16.8 Å². The zero-order valence-corrected chi connectivity index (χ0v) is 43.2. The molecule has 0 N–H and O–H groups in total. The van der Waals surface area contributed by atoms with E-state index >= 15 is 0 Å². The molecule has 0 saturated heterocycles. The molecular weight excluding hydrogens is 848 g/mol.